The third-order valence-electron chi connectivity index (χ3n) is 20.6. The van der Waals surface area contributed by atoms with Gasteiger partial charge in [0.1, 0.15) is 58.0 Å². The van der Waals surface area contributed by atoms with Crippen LogP contribution in [-0.2, 0) is 9.47 Å². The smallest absolute Gasteiger partial charge is 0.410 e. The highest BCUT2D eigenvalue weighted by atomic mass is 35.5. The Hall–Kier alpha value is -12.6. The number of nitrogens with one attached hydrogen (secondary N) is 5. The van der Waals surface area contributed by atoms with Gasteiger partial charge >= 0.3 is 12.2 Å². The van der Waals surface area contributed by atoms with Gasteiger partial charge in [-0.05, 0) is 226 Å². The first kappa shape index (κ1) is 85.3. The first-order chi connectivity index (χ1) is 56.2. The van der Waals surface area contributed by atoms with Gasteiger partial charge in [0.2, 0.25) is 0 Å². The van der Waals surface area contributed by atoms with Gasteiger partial charge in [-0.15, -0.1) is 0 Å². The summed E-state index contributed by atoms with van der Waals surface area (Å²) in [6, 6.07) is 41.1. The highest BCUT2D eigenvalue weighted by Gasteiger charge is 2.32. The molecule has 5 aromatic carbocycles. The van der Waals surface area contributed by atoms with E-state index in [-0.39, 0.29) is 76.1 Å². The van der Waals surface area contributed by atoms with Crippen molar-refractivity contribution in [1.82, 2.24) is 55.7 Å². The van der Waals surface area contributed by atoms with Crippen LogP contribution in [0.4, 0.5) is 50.1 Å². The standard InChI is InChI=1S/C34H43N7O5.C34H41N7O4.C18H18ClN5O2/c1-34(2,3)46-33(44)40-18-15-23(16-19-40)22-7-11-25(12-8-22)37-31-29(30(35)42)36-20-28(39-31)41-17-5-6-26(21-41)38-32(43)24-9-13-27(45-4)14-10-24;1-34(2,3)45-33(43)40-18-15-24(16-19-40)23-7-11-26(12-8-23)37-31-29(20-35)36-21-30(39-31)41-17-5-6-27(22-41)38-32(42)25-9-13-28(44-4)14-10-25;1-26-14-6-4-12(5-7-14)18(25)22-13-3-2-8-24(11-13)16-10-21-15(9-20)17(19)23-16/h7-14,20,23,26H,5-6,15-19,21H2,1-4H3,(H2,35,42)(H,37,39)(H,38,43);7-14,21,24,27H,5-6,15-19,22H2,1-4H3,(H,37,39)(H,38,42);4-7,10,13H,2-3,8,11H2,1H3,(H,22,25)/t26-;27-;13-/m111/s1. The lowest BCUT2D eigenvalue weighted by Gasteiger charge is -2.34. The number of aromatic nitrogens is 6. The normalized spacial score (nSPS) is 17.1. The first-order valence-corrected chi connectivity index (χ1v) is 39.7. The van der Waals surface area contributed by atoms with Crippen LogP contribution < -0.4 is 61.2 Å². The third-order valence-corrected chi connectivity index (χ3v) is 20.8. The maximum atomic E-state index is 12.9. The van der Waals surface area contributed by atoms with Crippen LogP contribution in [0.5, 0.6) is 17.2 Å². The van der Waals surface area contributed by atoms with Crippen molar-refractivity contribution in [3.63, 3.8) is 0 Å². The Labute approximate surface area is 687 Å². The molecule has 0 radical (unpaired) electrons. The zero-order chi connectivity index (χ0) is 83.3. The van der Waals surface area contributed by atoms with Gasteiger partial charge in [0.05, 0.1) is 39.9 Å². The second kappa shape index (κ2) is 39.7. The number of rotatable bonds is 19. The number of halogens is 1. The van der Waals surface area contributed by atoms with E-state index in [1.165, 1.54) is 17.3 Å². The van der Waals surface area contributed by atoms with Gasteiger partial charge in [-0.1, -0.05) is 35.9 Å². The lowest BCUT2D eigenvalue weighted by Crippen LogP contribution is -2.48. The minimum atomic E-state index is -0.682. The van der Waals surface area contributed by atoms with Crippen molar-refractivity contribution in [3.8, 4) is 29.4 Å². The molecule has 8 aromatic rings. The predicted octanol–water partition coefficient (Wildman–Crippen LogP) is 12.9. The van der Waals surface area contributed by atoms with Crippen LogP contribution in [0.3, 0.4) is 0 Å². The minimum Gasteiger partial charge on any atom is -0.497 e. The van der Waals surface area contributed by atoms with Crippen LogP contribution in [0.1, 0.15) is 182 Å². The Morgan fingerprint density at radius 1 is 0.444 bits per heavy atom. The van der Waals surface area contributed by atoms with E-state index in [0.717, 1.165) is 95.2 Å². The summed E-state index contributed by atoms with van der Waals surface area (Å²) in [4.78, 5) is 111. The quantitative estimate of drug-likeness (QED) is 0.0438. The van der Waals surface area contributed by atoms with Gasteiger partial charge in [0, 0.05) is 112 Å². The molecule has 3 aromatic heterocycles. The van der Waals surface area contributed by atoms with Gasteiger partial charge in [-0.2, -0.15) is 10.5 Å². The molecular formula is C86H102ClN19O11. The zero-order valence-corrected chi connectivity index (χ0v) is 68.3. The van der Waals surface area contributed by atoms with Crippen LogP contribution >= 0.6 is 11.6 Å². The molecule has 117 heavy (non-hydrogen) atoms. The Morgan fingerprint density at radius 2 is 0.778 bits per heavy atom. The summed E-state index contributed by atoms with van der Waals surface area (Å²) < 4.78 is 26.5. The van der Waals surface area contributed by atoms with Gasteiger partial charge in [-0.3, -0.25) is 19.2 Å². The molecule has 0 spiro atoms. The molecule has 7 N–H and O–H groups in total. The fraction of sp³-hybridized carbons (Fsp3) is 0.419. The maximum Gasteiger partial charge on any atom is 0.410 e. The molecule has 614 valence electrons. The van der Waals surface area contributed by atoms with Crippen LogP contribution in [0.15, 0.2) is 140 Å². The topological polar surface area (TPSA) is 376 Å². The molecule has 0 saturated carbocycles. The summed E-state index contributed by atoms with van der Waals surface area (Å²) in [7, 11) is 4.77. The monoisotopic (exact) mass is 1610 g/mol. The molecule has 3 atom stereocenters. The molecule has 5 saturated heterocycles. The predicted molar refractivity (Wildman–Crippen MR) is 445 cm³/mol. The van der Waals surface area contributed by atoms with E-state index < -0.39 is 17.1 Å². The molecule has 31 heteroatoms. The molecule has 5 aliphatic rings. The molecule has 30 nitrogen and oxygen atoms in total. The Morgan fingerprint density at radius 3 is 1.11 bits per heavy atom. The number of likely N-dealkylation sites (tertiary alicyclic amines) is 2. The molecule has 5 fully saturated rings. The summed E-state index contributed by atoms with van der Waals surface area (Å²) in [5.74, 6) is 4.20. The van der Waals surface area contributed by atoms with E-state index in [1.807, 2.05) is 76.8 Å². The molecule has 0 aliphatic carbocycles. The van der Waals surface area contributed by atoms with Crippen molar-refractivity contribution in [3.05, 3.63) is 190 Å². The van der Waals surface area contributed by atoms with Crippen molar-refractivity contribution in [2.45, 2.75) is 147 Å². The fourth-order valence-corrected chi connectivity index (χ4v) is 14.6. The average Bonchev–Trinajstić information content (AvgIpc) is 0.807. The van der Waals surface area contributed by atoms with Crippen molar-refractivity contribution in [1.29, 1.82) is 10.5 Å². The van der Waals surface area contributed by atoms with E-state index in [0.29, 0.717) is 115 Å². The molecule has 8 heterocycles. The number of nitriles is 2. The number of carbonyl (C=O) groups excluding carboxylic acids is 6. The number of primary amides is 1. The number of carbonyl (C=O) groups is 6. The van der Waals surface area contributed by atoms with Crippen molar-refractivity contribution < 1.29 is 52.5 Å². The van der Waals surface area contributed by atoms with Crippen LogP contribution in [0.25, 0.3) is 0 Å². The van der Waals surface area contributed by atoms with Crippen LogP contribution in [0.2, 0.25) is 5.15 Å². The van der Waals surface area contributed by atoms with Gasteiger partial charge in [0.15, 0.2) is 33.9 Å². The van der Waals surface area contributed by atoms with Crippen molar-refractivity contribution >= 4 is 87.9 Å². The SMILES string of the molecule is COc1ccc(C(=O)N[C@@H]2CCCN(c3cnc(C#N)c(Cl)n3)C2)cc1.COc1ccc(C(=O)N[C@@H]2CCCN(c3cnc(C#N)c(Nc4ccc(C5CCN(C(=O)OC(C)(C)C)CC5)cc4)n3)C2)cc1.COc1ccc(C(=O)N[C@@H]2CCCN(c3cnc(C(N)=O)c(Nc4ccc(C5CCN(C(=O)OC(C)(C)C)CC5)cc4)n3)C2)cc1. The minimum absolute atomic E-state index is 0.00503. The number of hydrogen-bond acceptors (Lipinski definition) is 24. The largest absolute Gasteiger partial charge is 0.497 e. The van der Waals surface area contributed by atoms with Crippen molar-refractivity contribution in [2.75, 3.05) is 112 Å². The van der Waals surface area contributed by atoms with E-state index >= 15 is 0 Å². The van der Waals surface area contributed by atoms with Crippen molar-refractivity contribution in [2.24, 2.45) is 5.73 Å². The van der Waals surface area contributed by atoms with E-state index in [2.05, 4.69) is 86.7 Å². The van der Waals surface area contributed by atoms with Gasteiger partial charge in [-0.25, -0.2) is 39.5 Å². The maximum absolute atomic E-state index is 12.9. The third kappa shape index (κ3) is 24.0. The lowest BCUT2D eigenvalue weighted by molar-refractivity contribution is 0.0194. The second-order valence-electron chi connectivity index (χ2n) is 31.2. The summed E-state index contributed by atoms with van der Waals surface area (Å²) in [5.41, 5.74) is 10.7. The number of nitrogens with zero attached hydrogens (tertiary/aromatic N) is 13. The number of nitrogens with two attached hydrogens (primary N) is 1. The summed E-state index contributed by atoms with van der Waals surface area (Å²) in [6.07, 6.45) is 12.9. The lowest BCUT2D eigenvalue weighted by atomic mass is 9.89. The number of piperidine rings is 5. The van der Waals surface area contributed by atoms with Gasteiger partial charge in [0.25, 0.3) is 23.6 Å². The number of benzene rings is 5. The molecule has 6 amide bonds. The molecule has 0 unspecified atom stereocenters. The fourth-order valence-electron chi connectivity index (χ4n) is 14.4. The zero-order valence-electron chi connectivity index (χ0n) is 67.6. The highest BCUT2D eigenvalue weighted by Crippen LogP contribution is 2.34. The second-order valence-corrected chi connectivity index (χ2v) is 31.6. The molecule has 5 aliphatic heterocycles. The van der Waals surface area contributed by atoms with Gasteiger partial charge < -0.3 is 80.5 Å². The number of methoxy groups -OCH3 is 3. The Bertz CT molecular complexity index is 4830. The first-order valence-electron chi connectivity index (χ1n) is 39.4. The Balaban J connectivity index is 0.000000179. The summed E-state index contributed by atoms with van der Waals surface area (Å²) >= 11 is 5.97. The number of ether oxygens (including phenoxy) is 5. The number of anilines is 7. The Kier molecular flexibility index (Phi) is 28.9. The summed E-state index contributed by atoms with van der Waals surface area (Å²) in [5, 5.41) is 34.5. The number of hydrogen-bond donors (Lipinski definition) is 6. The van der Waals surface area contributed by atoms with E-state index in [1.54, 1.807) is 116 Å². The van der Waals surface area contributed by atoms with Crippen LogP contribution in [0, 0.1) is 22.7 Å². The van der Waals surface area contributed by atoms with E-state index in [4.69, 9.17) is 56.2 Å². The molecular weight excluding hydrogens is 1510 g/mol. The van der Waals surface area contributed by atoms with E-state index in [9.17, 15) is 34.0 Å². The highest BCUT2D eigenvalue weighted by molar-refractivity contribution is 6.30. The number of amides is 6. The molecule has 13 rings (SSSR count). The summed E-state index contributed by atoms with van der Waals surface area (Å²) in [6.45, 7) is 17.9. The average molecular weight is 1610 g/mol. The van der Waals surface area contributed by atoms with Crippen LogP contribution in [-0.4, -0.2) is 192 Å². The molecule has 0 bridgehead atoms.